The molecule has 8 nitrogen and oxygen atoms in total. The first-order valence-electron chi connectivity index (χ1n) is 8.45. The first-order chi connectivity index (χ1) is 12.9. The van der Waals surface area contributed by atoms with Gasteiger partial charge in [0, 0.05) is 36.0 Å². The molecule has 0 saturated carbocycles. The Morgan fingerprint density at radius 2 is 2.04 bits per heavy atom. The van der Waals surface area contributed by atoms with E-state index in [0.29, 0.717) is 18.5 Å². The lowest BCUT2D eigenvalue weighted by molar-refractivity contribution is -0.384. The summed E-state index contributed by atoms with van der Waals surface area (Å²) < 4.78 is 4.74. The number of hydrogen-bond acceptors (Lipinski definition) is 6. The molecule has 0 aliphatic carbocycles. The van der Waals surface area contributed by atoms with Crippen LogP contribution in [0.3, 0.4) is 0 Å². The molecular weight excluding hydrogens is 350 g/mol. The molecule has 1 aliphatic rings. The van der Waals surface area contributed by atoms with Crippen LogP contribution in [0.1, 0.15) is 40.9 Å². The topological polar surface area (TPSA) is 111 Å². The first-order valence-corrected chi connectivity index (χ1v) is 8.45. The third-order valence-corrected chi connectivity index (χ3v) is 4.52. The second-order valence-corrected chi connectivity index (χ2v) is 6.31. The van der Waals surface area contributed by atoms with Crippen molar-refractivity contribution in [3.8, 4) is 0 Å². The van der Waals surface area contributed by atoms with Crippen LogP contribution in [-0.4, -0.2) is 23.9 Å². The molecule has 2 aromatic rings. The molecule has 1 unspecified atom stereocenters. The van der Waals surface area contributed by atoms with Crippen LogP contribution >= 0.6 is 0 Å². The number of nitrogens with one attached hydrogen (secondary N) is 2. The number of anilines is 2. The molecule has 2 N–H and O–H groups in total. The Hall–Kier alpha value is -3.42. The van der Waals surface area contributed by atoms with E-state index in [1.807, 2.05) is 25.1 Å². The Balaban J connectivity index is 1.87. The van der Waals surface area contributed by atoms with Crippen LogP contribution in [-0.2, 0) is 16.0 Å². The van der Waals surface area contributed by atoms with E-state index in [0.717, 1.165) is 16.8 Å². The zero-order valence-electron chi connectivity index (χ0n) is 14.9. The summed E-state index contributed by atoms with van der Waals surface area (Å²) >= 11 is 0. The number of rotatable bonds is 5. The Morgan fingerprint density at radius 3 is 2.74 bits per heavy atom. The standard InChI is InChI=1S/C19H19N3O5/c1-11(12-3-6-16-13(9-12)4-8-18(23)21-16)20-17-7-5-14(22(25)26)10-15(17)19(24)27-2/h3,5-7,9-11,20H,4,8H2,1-2H3,(H,21,23). The van der Waals surface area contributed by atoms with Gasteiger partial charge in [-0.15, -0.1) is 0 Å². The third kappa shape index (κ3) is 3.89. The SMILES string of the molecule is COC(=O)c1cc([N+](=O)[O-])ccc1NC(C)c1ccc2c(c1)CCC(=O)N2. The minimum atomic E-state index is -0.651. The number of nitrogens with zero attached hydrogens (tertiary/aromatic N) is 1. The van der Waals surface area contributed by atoms with Gasteiger partial charge >= 0.3 is 5.97 Å². The summed E-state index contributed by atoms with van der Waals surface area (Å²) in [5.74, 6) is -0.642. The molecule has 8 heteroatoms. The Labute approximate surface area is 155 Å². The Kier molecular flexibility index (Phi) is 5.07. The Morgan fingerprint density at radius 1 is 1.26 bits per heavy atom. The van der Waals surface area contributed by atoms with Gasteiger partial charge in [-0.25, -0.2) is 4.79 Å². The van der Waals surface area contributed by atoms with Crippen LogP contribution in [0.4, 0.5) is 17.1 Å². The molecule has 1 atom stereocenters. The smallest absolute Gasteiger partial charge is 0.340 e. The number of ether oxygens (including phenoxy) is 1. The molecule has 2 aromatic carbocycles. The van der Waals surface area contributed by atoms with Crippen LogP contribution in [0.25, 0.3) is 0 Å². The summed E-state index contributed by atoms with van der Waals surface area (Å²) in [6.45, 7) is 1.92. The van der Waals surface area contributed by atoms with Crippen molar-refractivity contribution in [2.75, 3.05) is 17.7 Å². The molecule has 0 aromatic heterocycles. The number of fused-ring (bicyclic) bond motifs is 1. The molecule has 0 fully saturated rings. The fourth-order valence-electron chi connectivity index (χ4n) is 3.04. The van der Waals surface area contributed by atoms with Gasteiger partial charge in [0.05, 0.1) is 17.6 Å². The van der Waals surface area contributed by atoms with E-state index >= 15 is 0 Å². The molecular formula is C19H19N3O5. The average Bonchev–Trinajstić information content (AvgIpc) is 2.66. The molecule has 140 valence electrons. The zero-order chi connectivity index (χ0) is 19.6. The van der Waals surface area contributed by atoms with Crippen molar-refractivity contribution in [2.45, 2.75) is 25.8 Å². The minimum absolute atomic E-state index is 0.00928. The van der Waals surface area contributed by atoms with Gasteiger partial charge < -0.3 is 15.4 Å². The zero-order valence-corrected chi connectivity index (χ0v) is 14.9. The maximum atomic E-state index is 12.0. The molecule has 1 aliphatic heterocycles. The number of amides is 1. The normalized spacial score (nSPS) is 13.9. The molecule has 0 radical (unpaired) electrons. The van der Waals surface area contributed by atoms with E-state index in [2.05, 4.69) is 10.6 Å². The molecule has 1 heterocycles. The van der Waals surface area contributed by atoms with Gasteiger partial charge in [-0.2, -0.15) is 0 Å². The van der Waals surface area contributed by atoms with E-state index in [1.165, 1.54) is 25.3 Å². The summed E-state index contributed by atoms with van der Waals surface area (Å²) in [4.78, 5) is 33.9. The van der Waals surface area contributed by atoms with E-state index in [9.17, 15) is 19.7 Å². The number of benzene rings is 2. The molecule has 1 amide bonds. The largest absolute Gasteiger partial charge is 0.465 e. The van der Waals surface area contributed by atoms with Gasteiger partial charge in [-0.1, -0.05) is 12.1 Å². The second kappa shape index (κ2) is 7.45. The molecule has 27 heavy (non-hydrogen) atoms. The molecule has 3 rings (SSSR count). The van der Waals surface area contributed by atoms with Crippen molar-refractivity contribution in [1.29, 1.82) is 0 Å². The Bertz CT molecular complexity index is 926. The van der Waals surface area contributed by atoms with Crippen LogP contribution < -0.4 is 10.6 Å². The van der Waals surface area contributed by atoms with Crippen molar-refractivity contribution in [2.24, 2.45) is 0 Å². The van der Waals surface area contributed by atoms with Crippen molar-refractivity contribution < 1.29 is 19.2 Å². The number of hydrogen-bond donors (Lipinski definition) is 2. The summed E-state index contributed by atoms with van der Waals surface area (Å²) in [7, 11) is 1.23. The van der Waals surface area contributed by atoms with Crippen molar-refractivity contribution in [1.82, 2.24) is 0 Å². The van der Waals surface area contributed by atoms with Crippen LogP contribution in [0.15, 0.2) is 36.4 Å². The van der Waals surface area contributed by atoms with Gasteiger partial charge in [-0.3, -0.25) is 14.9 Å². The summed E-state index contributed by atoms with van der Waals surface area (Å²) in [6, 6.07) is 9.63. The maximum Gasteiger partial charge on any atom is 0.340 e. The number of methoxy groups -OCH3 is 1. The number of esters is 1. The predicted octanol–water partition coefficient (Wildman–Crippen LogP) is 3.44. The average molecular weight is 369 g/mol. The lowest BCUT2D eigenvalue weighted by atomic mass is 9.97. The fraction of sp³-hybridized carbons (Fsp3) is 0.263. The predicted molar refractivity (Wildman–Crippen MR) is 99.9 cm³/mol. The van der Waals surface area contributed by atoms with Gasteiger partial charge in [0.25, 0.3) is 5.69 Å². The van der Waals surface area contributed by atoms with Gasteiger partial charge in [0.2, 0.25) is 5.91 Å². The molecule has 0 spiro atoms. The number of aryl methyl sites for hydroxylation is 1. The fourth-order valence-corrected chi connectivity index (χ4v) is 3.04. The van der Waals surface area contributed by atoms with Crippen molar-refractivity contribution in [3.63, 3.8) is 0 Å². The van der Waals surface area contributed by atoms with E-state index in [1.54, 1.807) is 0 Å². The van der Waals surface area contributed by atoms with E-state index < -0.39 is 10.9 Å². The van der Waals surface area contributed by atoms with Gasteiger partial charge in [0.15, 0.2) is 0 Å². The van der Waals surface area contributed by atoms with Gasteiger partial charge in [0.1, 0.15) is 0 Å². The summed E-state index contributed by atoms with van der Waals surface area (Å²) in [5, 5.41) is 17.0. The minimum Gasteiger partial charge on any atom is -0.465 e. The number of nitro benzene ring substituents is 1. The summed E-state index contributed by atoms with van der Waals surface area (Å²) in [6.07, 6.45) is 1.12. The maximum absolute atomic E-state index is 12.0. The first kappa shape index (κ1) is 18.4. The quantitative estimate of drug-likeness (QED) is 0.474. The highest BCUT2D eigenvalue weighted by Gasteiger charge is 2.20. The lowest BCUT2D eigenvalue weighted by Crippen LogP contribution is -2.19. The van der Waals surface area contributed by atoms with Crippen molar-refractivity contribution >= 4 is 28.9 Å². The van der Waals surface area contributed by atoms with E-state index in [-0.39, 0.29) is 23.2 Å². The monoisotopic (exact) mass is 369 g/mol. The number of non-ortho nitro benzene ring substituents is 1. The van der Waals surface area contributed by atoms with Crippen molar-refractivity contribution in [3.05, 3.63) is 63.2 Å². The number of nitro groups is 1. The highest BCUT2D eigenvalue weighted by Crippen LogP contribution is 2.30. The van der Waals surface area contributed by atoms with Crippen LogP contribution in [0.2, 0.25) is 0 Å². The summed E-state index contributed by atoms with van der Waals surface area (Å²) in [5.41, 5.74) is 3.21. The van der Waals surface area contributed by atoms with Crippen LogP contribution in [0.5, 0.6) is 0 Å². The molecule has 0 bridgehead atoms. The highest BCUT2D eigenvalue weighted by molar-refractivity contribution is 5.96. The lowest BCUT2D eigenvalue weighted by Gasteiger charge is -2.21. The van der Waals surface area contributed by atoms with Crippen LogP contribution in [0, 0.1) is 10.1 Å². The van der Waals surface area contributed by atoms with Gasteiger partial charge in [-0.05, 0) is 36.6 Å². The highest BCUT2D eigenvalue weighted by atomic mass is 16.6. The third-order valence-electron chi connectivity index (χ3n) is 4.52. The second-order valence-electron chi connectivity index (χ2n) is 6.31. The number of carbonyl (C=O) groups excluding carboxylic acids is 2. The molecule has 0 saturated heterocycles. The number of carbonyl (C=O) groups is 2. The van der Waals surface area contributed by atoms with E-state index in [4.69, 9.17) is 4.74 Å².